The van der Waals surface area contributed by atoms with E-state index in [0.717, 1.165) is 80.0 Å². The van der Waals surface area contributed by atoms with Gasteiger partial charge in [-0.15, -0.1) is 0 Å². The molecule has 13 heteroatoms. The standard InChI is InChI=1S/C31H41N3O5.C2HF3O2/c1-37-27-18-22-14-16-33-29-25(22)17-23(27)13-7-4-3-5-10-15-32-28(21-11-8-6-9-12-21)30(35)34-20-24(39-29)19-26(34)31(36)38-2;3-2(4,5)1(6)7/h7,13-14,16-18,21,24,26,28,32H,3-6,8-12,15,19-20H2,1-2H3;(H,6,7)/b13-7+;/t24-,26+,28+;/m1./s1. The zero-order chi connectivity index (χ0) is 33.3. The summed E-state index contributed by atoms with van der Waals surface area (Å²) in [6.07, 6.45) is 10.7. The number of hydrogen-bond donors (Lipinski definition) is 2. The molecule has 2 aromatic rings. The molecule has 46 heavy (non-hydrogen) atoms. The highest BCUT2D eigenvalue weighted by molar-refractivity contribution is 5.91. The fourth-order valence-electron chi connectivity index (χ4n) is 6.37. The van der Waals surface area contributed by atoms with Crippen LogP contribution in [0.4, 0.5) is 13.2 Å². The molecule has 3 aliphatic rings. The summed E-state index contributed by atoms with van der Waals surface area (Å²) in [5.41, 5.74) is 0.969. The number of rotatable bonds is 3. The van der Waals surface area contributed by atoms with Crippen LogP contribution in [0.2, 0.25) is 0 Å². The maximum atomic E-state index is 14.1. The van der Waals surface area contributed by atoms with E-state index in [4.69, 9.17) is 24.1 Å². The molecule has 4 bridgehead atoms. The molecule has 5 rings (SSSR count). The molecule has 1 saturated carbocycles. The Balaban J connectivity index is 0.000000617. The minimum atomic E-state index is -5.08. The Hall–Kier alpha value is -3.87. The van der Waals surface area contributed by atoms with Crippen molar-refractivity contribution in [2.45, 2.75) is 88.6 Å². The first-order valence-electron chi connectivity index (χ1n) is 15.7. The van der Waals surface area contributed by atoms with Crippen molar-refractivity contribution in [3.05, 3.63) is 36.0 Å². The van der Waals surface area contributed by atoms with Crippen molar-refractivity contribution in [2.75, 3.05) is 27.3 Å². The molecule has 3 heterocycles. The lowest BCUT2D eigenvalue weighted by molar-refractivity contribution is -0.192. The van der Waals surface area contributed by atoms with Gasteiger partial charge in [-0.3, -0.25) is 4.79 Å². The molecule has 1 aliphatic carbocycles. The smallest absolute Gasteiger partial charge is 0.490 e. The molecule has 1 aromatic heterocycles. The number of nitrogens with zero attached hydrogens (tertiary/aromatic N) is 2. The van der Waals surface area contributed by atoms with Crippen LogP contribution in [-0.2, 0) is 19.1 Å². The van der Waals surface area contributed by atoms with Crippen molar-refractivity contribution in [1.82, 2.24) is 15.2 Å². The second kappa shape index (κ2) is 16.1. The van der Waals surface area contributed by atoms with Crippen LogP contribution in [0, 0.1) is 5.92 Å². The molecule has 252 valence electrons. The summed E-state index contributed by atoms with van der Waals surface area (Å²) in [4.78, 5) is 42.1. The van der Waals surface area contributed by atoms with Gasteiger partial charge in [0.25, 0.3) is 0 Å². The Labute approximate surface area is 266 Å². The summed E-state index contributed by atoms with van der Waals surface area (Å²) in [5, 5.41) is 12.6. The van der Waals surface area contributed by atoms with E-state index in [9.17, 15) is 22.8 Å². The van der Waals surface area contributed by atoms with Gasteiger partial charge in [0, 0.05) is 23.6 Å². The Morgan fingerprint density at radius 2 is 1.80 bits per heavy atom. The minimum absolute atomic E-state index is 0.00893. The summed E-state index contributed by atoms with van der Waals surface area (Å²) in [5.74, 6) is -1.59. The molecular weight excluding hydrogens is 607 g/mol. The molecule has 0 unspecified atom stereocenters. The highest BCUT2D eigenvalue weighted by Crippen LogP contribution is 2.34. The number of carboxylic acids is 1. The molecule has 2 fully saturated rings. The van der Waals surface area contributed by atoms with Crippen molar-refractivity contribution in [1.29, 1.82) is 0 Å². The van der Waals surface area contributed by atoms with Crippen LogP contribution in [0.25, 0.3) is 16.8 Å². The normalized spacial score (nSPS) is 23.8. The van der Waals surface area contributed by atoms with Crippen LogP contribution in [0.1, 0.15) is 69.8 Å². The lowest BCUT2D eigenvalue weighted by Gasteiger charge is -2.34. The van der Waals surface area contributed by atoms with E-state index in [-0.39, 0.29) is 24.0 Å². The third-order valence-corrected chi connectivity index (χ3v) is 8.71. The van der Waals surface area contributed by atoms with Gasteiger partial charge in [0.2, 0.25) is 11.8 Å². The van der Waals surface area contributed by atoms with E-state index >= 15 is 0 Å². The van der Waals surface area contributed by atoms with Crippen molar-refractivity contribution in [3.63, 3.8) is 0 Å². The molecule has 1 aromatic carbocycles. The maximum Gasteiger partial charge on any atom is 0.490 e. The first-order chi connectivity index (χ1) is 22.0. The maximum absolute atomic E-state index is 14.1. The number of hydrogen-bond acceptors (Lipinski definition) is 8. The number of carbonyl (C=O) groups excluding carboxylic acids is 2. The van der Waals surface area contributed by atoms with Crippen LogP contribution in [-0.4, -0.2) is 84.5 Å². The predicted molar refractivity (Wildman–Crippen MR) is 164 cm³/mol. The first kappa shape index (κ1) is 35.0. The number of benzene rings is 1. The zero-order valence-electron chi connectivity index (χ0n) is 26.2. The quantitative estimate of drug-likeness (QED) is 0.413. The predicted octanol–water partition coefficient (Wildman–Crippen LogP) is 5.52. The Bertz CT molecular complexity index is 1390. The van der Waals surface area contributed by atoms with Crippen molar-refractivity contribution >= 4 is 34.7 Å². The van der Waals surface area contributed by atoms with Gasteiger partial charge >= 0.3 is 18.1 Å². The highest BCUT2D eigenvalue weighted by Gasteiger charge is 2.45. The van der Waals surface area contributed by atoms with Crippen LogP contribution >= 0.6 is 0 Å². The van der Waals surface area contributed by atoms with E-state index in [0.29, 0.717) is 18.8 Å². The molecule has 1 amide bonds. The van der Waals surface area contributed by atoms with Gasteiger partial charge in [-0.2, -0.15) is 13.2 Å². The molecule has 0 spiro atoms. The second-order valence-corrected chi connectivity index (χ2v) is 11.8. The van der Waals surface area contributed by atoms with Crippen LogP contribution < -0.4 is 14.8 Å². The number of aromatic nitrogens is 1. The fraction of sp³-hybridized carbons (Fsp3) is 0.576. The third-order valence-electron chi connectivity index (χ3n) is 8.71. The molecular formula is C33H42F3N3O7. The van der Waals surface area contributed by atoms with Crippen molar-refractivity contribution in [2.24, 2.45) is 5.92 Å². The van der Waals surface area contributed by atoms with Gasteiger partial charge in [-0.05, 0) is 68.2 Å². The molecule has 2 aliphatic heterocycles. The summed E-state index contributed by atoms with van der Waals surface area (Å²) in [7, 11) is 3.06. The molecule has 10 nitrogen and oxygen atoms in total. The van der Waals surface area contributed by atoms with E-state index in [1.165, 1.54) is 13.5 Å². The van der Waals surface area contributed by atoms with E-state index in [2.05, 4.69) is 28.5 Å². The van der Waals surface area contributed by atoms with Crippen LogP contribution in [0.5, 0.6) is 11.6 Å². The number of carbonyl (C=O) groups is 3. The number of pyridine rings is 1. The molecule has 0 radical (unpaired) electrons. The van der Waals surface area contributed by atoms with Crippen LogP contribution in [0.3, 0.4) is 0 Å². The average Bonchev–Trinajstić information content (AvgIpc) is 3.47. The lowest BCUT2D eigenvalue weighted by Crippen LogP contribution is -2.54. The van der Waals surface area contributed by atoms with E-state index < -0.39 is 24.2 Å². The largest absolute Gasteiger partial charge is 0.496 e. The molecule has 1 saturated heterocycles. The number of alkyl halides is 3. The second-order valence-electron chi connectivity index (χ2n) is 11.8. The number of ether oxygens (including phenoxy) is 3. The summed E-state index contributed by atoms with van der Waals surface area (Å²) in [6, 6.07) is 5.03. The number of amides is 1. The van der Waals surface area contributed by atoms with Gasteiger partial charge in [-0.1, -0.05) is 37.8 Å². The number of fused-ring (bicyclic) bond motifs is 3. The number of allylic oxidation sites excluding steroid dienone is 1. The summed E-state index contributed by atoms with van der Waals surface area (Å²) >= 11 is 0. The first-order valence-corrected chi connectivity index (χ1v) is 15.7. The average molecular weight is 650 g/mol. The van der Waals surface area contributed by atoms with E-state index in [1.54, 1.807) is 18.2 Å². The van der Waals surface area contributed by atoms with Gasteiger partial charge in [0.05, 0.1) is 26.8 Å². The lowest BCUT2D eigenvalue weighted by atomic mass is 9.83. The van der Waals surface area contributed by atoms with Gasteiger partial charge in [-0.25, -0.2) is 14.6 Å². The number of carboxylic acid groups (broad SMARTS) is 1. The molecule has 2 N–H and O–H groups in total. The third kappa shape index (κ3) is 8.89. The number of nitrogens with one attached hydrogen (secondary N) is 1. The highest BCUT2D eigenvalue weighted by atomic mass is 19.4. The van der Waals surface area contributed by atoms with Gasteiger partial charge in [0.15, 0.2) is 0 Å². The van der Waals surface area contributed by atoms with E-state index in [1.807, 2.05) is 12.1 Å². The molecule has 3 atom stereocenters. The Morgan fingerprint density at radius 1 is 1.09 bits per heavy atom. The zero-order valence-corrected chi connectivity index (χ0v) is 26.2. The number of aliphatic carboxylic acids is 1. The Kier molecular flexibility index (Phi) is 12.3. The SMILES string of the molecule is COC(=O)[C@@H]1C[C@@H]2CN1C(=O)[C@H](C1CCCCC1)NCCCCC/C=C/c1cc3c(nccc3cc1OC)O2.O=C(O)C(F)(F)F. The van der Waals surface area contributed by atoms with Gasteiger partial charge in [0.1, 0.15) is 17.9 Å². The monoisotopic (exact) mass is 649 g/mol. The van der Waals surface area contributed by atoms with Crippen LogP contribution in [0.15, 0.2) is 30.5 Å². The van der Waals surface area contributed by atoms with Gasteiger partial charge < -0.3 is 29.5 Å². The minimum Gasteiger partial charge on any atom is -0.496 e. The number of halogens is 3. The summed E-state index contributed by atoms with van der Waals surface area (Å²) < 4.78 is 49.0. The number of methoxy groups -OCH3 is 2. The fourth-order valence-corrected chi connectivity index (χ4v) is 6.37. The Morgan fingerprint density at radius 3 is 2.48 bits per heavy atom. The van der Waals surface area contributed by atoms with Crippen molar-refractivity contribution < 1.29 is 46.9 Å². The topological polar surface area (TPSA) is 127 Å². The number of esters is 1. The van der Waals surface area contributed by atoms with Crippen molar-refractivity contribution in [3.8, 4) is 11.6 Å². The summed E-state index contributed by atoms with van der Waals surface area (Å²) in [6.45, 7) is 1.11.